The standard InChI is InChI=1S/C24H28F3N9O/c1-14-13-37-10-9-34(14)20-11-19(36-23(31-20)17(12-30-36)18-5-8-29-32-18)21-15(2)35(16-3-6-28-7-4-16)33-22(21)24(25,26)27/h5,8,11-12,14,16,28H,3-4,6-7,9-10,13H2,1-2H3,(H,29,32). The SMILES string of the molecule is Cc1c(-c2cc(N3CCOCC3C)nc3c(-c4ccn[nH]4)cnn23)c(C(F)(F)F)nn1C1CCNCC1. The zero-order valence-corrected chi connectivity index (χ0v) is 20.6. The molecule has 0 radical (unpaired) electrons. The number of piperidine rings is 1. The van der Waals surface area contributed by atoms with Gasteiger partial charge in [-0.05, 0) is 45.8 Å². The number of hydrogen-bond donors (Lipinski definition) is 2. The van der Waals surface area contributed by atoms with Crippen molar-refractivity contribution in [3.63, 3.8) is 0 Å². The second-order valence-corrected chi connectivity index (χ2v) is 9.61. The Labute approximate surface area is 210 Å². The predicted molar refractivity (Wildman–Crippen MR) is 130 cm³/mol. The summed E-state index contributed by atoms with van der Waals surface area (Å²) in [6.07, 6.45) is 0.00846. The van der Waals surface area contributed by atoms with Gasteiger partial charge in [0.15, 0.2) is 11.3 Å². The molecule has 37 heavy (non-hydrogen) atoms. The largest absolute Gasteiger partial charge is 0.435 e. The van der Waals surface area contributed by atoms with E-state index in [0.717, 1.165) is 13.1 Å². The molecule has 1 atom stereocenters. The first kappa shape index (κ1) is 23.9. The third kappa shape index (κ3) is 4.15. The van der Waals surface area contributed by atoms with Crippen LogP contribution in [0.4, 0.5) is 19.0 Å². The molecule has 0 saturated carbocycles. The van der Waals surface area contributed by atoms with Gasteiger partial charge >= 0.3 is 6.18 Å². The van der Waals surface area contributed by atoms with Crippen LogP contribution in [0.1, 0.15) is 37.2 Å². The summed E-state index contributed by atoms with van der Waals surface area (Å²) in [6.45, 7) is 6.81. The molecule has 0 aliphatic carbocycles. The highest BCUT2D eigenvalue weighted by Gasteiger charge is 2.41. The van der Waals surface area contributed by atoms with Crippen molar-refractivity contribution in [1.82, 2.24) is 39.9 Å². The van der Waals surface area contributed by atoms with Crippen molar-refractivity contribution in [3.05, 3.63) is 35.9 Å². The van der Waals surface area contributed by atoms with Crippen LogP contribution in [0.15, 0.2) is 24.5 Å². The molecule has 2 saturated heterocycles. The molecule has 2 N–H and O–H groups in total. The number of aromatic nitrogens is 7. The van der Waals surface area contributed by atoms with E-state index in [1.165, 1.54) is 4.52 Å². The number of nitrogens with zero attached hydrogens (tertiary/aromatic N) is 7. The maximum absolute atomic E-state index is 14.5. The number of hydrogen-bond acceptors (Lipinski definition) is 7. The Morgan fingerprint density at radius 3 is 2.70 bits per heavy atom. The molecule has 2 fully saturated rings. The number of aromatic amines is 1. The quantitative estimate of drug-likeness (QED) is 0.429. The van der Waals surface area contributed by atoms with Crippen LogP contribution in [-0.2, 0) is 10.9 Å². The molecule has 0 bridgehead atoms. The molecule has 6 heterocycles. The third-order valence-corrected chi connectivity index (χ3v) is 7.24. The van der Waals surface area contributed by atoms with Crippen molar-refractivity contribution in [1.29, 1.82) is 0 Å². The highest BCUT2D eigenvalue weighted by atomic mass is 19.4. The smallest absolute Gasteiger partial charge is 0.377 e. The van der Waals surface area contributed by atoms with Gasteiger partial charge in [0, 0.05) is 24.5 Å². The lowest BCUT2D eigenvalue weighted by Gasteiger charge is -2.34. The number of rotatable bonds is 4. The molecular formula is C24H28F3N9O. The average Bonchev–Trinajstić information content (AvgIpc) is 3.62. The van der Waals surface area contributed by atoms with Gasteiger partial charge < -0.3 is 15.0 Å². The normalized spacial score (nSPS) is 19.7. The summed E-state index contributed by atoms with van der Waals surface area (Å²) in [5, 5.41) is 18.8. The van der Waals surface area contributed by atoms with Crippen molar-refractivity contribution in [2.45, 2.75) is 44.9 Å². The fourth-order valence-electron chi connectivity index (χ4n) is 5.37. The molecular weight excluding hydrogens is 487 g/mol. The second-order valence-electron chi connectivity index (χ2n) is 9.61. The highest BCUT2D eigenvalue weighted by Crippen LogP contribution is 2.41. The van der Waals surface area contributed by atoms with E-state index in [1.54, 1.807) is 36.1 Å². The van der Waals surface area contributed by atoms with Crippen molar-refractivity contribution in [3.8, 4) is 22.5 Å². The van der Waals surface area contributed by atoms with Crippen LogP contribution in [0.25, 0.3) is 28.2 Å². The average molecular weight is 516 g/mol. The van der Waals surface area contributed by atoms with Crippen LogP contribution in [-0.4, -0.2) is 73.5 Å². The van der Waals surface area contributed by atoms with Gasteiger partial charge in [-0.25, -0.2) is 9.50 Å². The van der Waals surface area contributed by atoms with E-state index in [9.17, 15) is 13.2 Å². The molecule has 1 unspecified atom stereocenters. The van der Waals surface area contributed by atoms with Crippen molar-refractivity contribution in [2.24, 2.45) is 0 Å². The Hall–Kier alpha value is -3.45. The molecule has 0 spiro atoms. The lowest BCUT2D eigenvalue weighted by Crippen LogP contribution is -2.44. The number of alkyl halides is 3. The van der Waals surface area contributed by atoms with Crippen LogP contribution in [0.2, 0.25) is 0 Å². The maximum Gasteiger partial charge on any atom is 0.435 e. The van der Waals surface area contributed by atoms with Gasteiger partial charge in [-0.15, -0.1) is 0 Å². The van der Waals surface area contributed by atoms with E-state index in [1.807, 2.05) is 6.92 Å². The van der Waals surface area contributed by atoms with E-state index < -0.39 is 11.9 Å². The zero-order valence-electron chi connectivity index (χ0n) is 20.6. The summed E-state index contributed by atoms with van der Waals surface area (Å²) in [4.78, 5) is 6.94. The third-order valence-electron chi connectivity index (χ3n) is 7.24. The topological polar surface area (TPSA) is 101 Å². The second kappa shape index (κ2) is 9.14. The molecule has 2 aliphatic rings. The molecule has 4 aromatic heterocycles. The minimum Gasteiger partial charge on any atom is -0.377 e. The zero-order chi connectivity index (χ0) is 25.7. The van der Waals surface area contributed by atoms with Crippen LogP contribution in [0.5, 0.6) is 0 Å². The molecule has 0 amide bonds. The van der Waals surface area contributed by atoms with Crippen LogP contribution < -0.4 is 10.2 Å². The van der Waals surface area contributed by atoms with E-state index in [-0.39, 0.29) is 17.6 Å². The number of ether oxygens (including phenoxy) is 1. The van der Waals surface area contributed by atoms with Crippen molar-refractivity contribution >= 4 is 11.5 Å². The van der Waals surface area contributed by atoms with E-state index in [4.69, 9.17) is 9.72 Å². The first-order valence-corrected chi connectivity index (χ1v) is 12.4. The fourth-order valence-corrected chi connectivity index (χ4v) is 5.37. The first-order valence-electron chi connectivity index (χ1n) is 12.4. The molecule has 196 valence electrons. The first-order chi connectivity index (χ1) is 17.8. The predicted octanol–water partition coefficient (Wildman–Crippen LogP) is 3.46. The summed E-state index contributed by atoms with van der Waals surface area (Å²) in [7, 11) is 0. The van der Waals surface area contributed by atoms with Gasteiger partial charge in [0.25, 0.3) is 0 Å². The van der Waals surface area contributed by atoms with Crippen LogP contribution >= 0.6 is 0 Å². The lowest BCUT2D eigenvalue weighted by molar-refractivity contribution is -0.141. The number of morpholine rings is 1. The molecule has 2 aliphatic heterocycles. The Morgan fingerprint density at radius 1 is 1.19 bits per heavy atom. The summed E-state index contributed by atoms with van der Waals surface area (Å²) in [5.41, 5.74) is 1.66. The molecule has 4 aromatic rings. The number of anilines is 1. The Balaban J connectivity index is 1.61. The van der Waals surface area contributed by atoms with Crippen LogP contribution in [0, 0.1) is 6.92 Å². The summed E-state index contributed by atoms with van der Waals surface area (Å²) in [6, 6.07) is 3.38. The highest BCUT2D eigenvalue weighted by molar-refractivity contribution is 5.80. The number of nitrogens with one attached hydrogen (secondary N) is 2. The minimum absolute atomic E-state index is 0.00993. The summed E-state index contributed by atoms with van der Waals surface area (Å²) in [5.74, 6) is 0.571. The minimum atomic E-state index is -4.64. The van der Waals surface area contributed by atoms with Gasteiger partial charge in [-0.2, -0.15) is 28.5 Å². The maximum atomic E-state index is 14.5. The van der Waals surface area contributed by atoms with Gasteiger partial charge in [0.05, 0.1) is 54.0 Å². The Bertz CT molecular complexity index is 1400. The van der Waals surface area contributed by atoms with Gasteiger partial charge in [-0.1, -0.05) is 0 Å². The summed E-state index contributed by atoms with van der Waals surface area (Å²) < 4.78 is 52.0. The van der Waals surface area contributed by atoms with E-state index in [2.05, 4.69) is 30.6 Å². The monoisotopic (exact) mass is 515 g/mol. The van der Waals surface area contributed by atoms with Gasteiger partial charge in [-0.3, -0.25) is 9.78 Å². The molecule has 0 aromatic carbocycles. The van der Waals surface area contributed by atoms with Crippen LogP contribution in [0.3, 0.4) is 0 Å². The lowest BCUT2D eigenvalue weighted by atomic mass is 10.0. The van der Waals surface area contributed by atoms with Gasteiger partial charge in [0.2, 0.25) is 0 Å². The number of H-pyrrole nitrogens is 1. The van der Waals surface area contributed by atoms with Gasteiger partial charge in [0.1, 0.15) is 5.82 Å². The Kier molecular flexibility index (Phi) is 5.91. The number of fused-ring (bicyclic) bond motifs is 1. The Morgan fingerprint density at radius 2 is 2.00 bits per heavy atom. The number of halogens is 3. The van der Waals surface area contributed by atoms with Crippen molar-refractivity contribution in [2.75, 3.05) is 37.7 Å². The fraction of sp³-hybridized carbons (Fsp3) is 0.500. The summed E-state index contributed by atoms with van der Waals surface area (Å²) >= 11 is 0. The molecule has 13 heteroatoms. The molecule has 6 rings (SSSR count). The van der Waals surface area contributed by atoms with E-state index >= 15 is 0 Å². The molecule has 10 nitrogen and oxygen atoms in total. The van der Waals surface area contributed by atoms with Crippen molar-refractivity contribution < 1.29 is 17.9 Å². The van der Waals surface area contributed by atoms with E-state index in [0.29, 0.717) is 66.7 Å².